The predicted octanol–water partition coefficient (Wildman–Crippen LogP) is 1.36. The Morgan fingerprint density at radius 2 is 2.12 bits per heavy atom. The van der Waals surface area contributed by atoms with Crippen LogP contribution in [-0.4, -0.2) is 25.8 Å². The van der Waals surface area contributed by atoms with E-state index in [1.165, 1.54) is 13.2 Å². The van der Waals surface area contributed by atoms with Crippen LogP contribution in [0.4, 0.5) is 8.78 Å². The van der Waals surface area contributed by atoms with Gasteiger partial charge in [0.05, 0.1) is 18.3 Å². The fourth-order valence-electron chi connectivity index (χ4n) is 1.48. The standard InChI is InChI=1S/C11H15F2NO2/c1-14-5-9(15)10-8(12)4-3-7(6-16-2)11(10)13/h3-4,9,14-15H,5-6H2,1-2H3. The molecule has 0 aliphatic heterocycles. The summed E-state index contributed by atoms with van der Waals surface area (Å²) in [7, 11) is 3.02. The molecule has 1 unspecified atom stereocenters. The third-order valence-corrected chi connectivity index (χ3v) is 2.24. The van der Waals surface area contributed by atoms with Gasteiger partial charge < -0.3 is 15.2 Å². The third kappa shape index (κ3) is 2.75. The van der Waals surface area contributed by atoms with Crippen molar-refractivity contribution >= 4 is 0 Å². The molecule has 0 radical (unpaired) electrons. The van der Waals surface area contributed by atoms with Crippen molar-refractivity contribution < 1.29 is 18.6 Å². The Morgan fingerprint density at radius 1 is 1.44 bits per heavy atom. The maximum Gasteiger partial charge on any atom is 0.137 e. The number of ether oxygens (including phenoxy) is 1. The van der Waals surface area contributed by atoms with Gasteiger partial charge in [0.2, 0.25) is 0 Å². The molecule has 0 aliphatic carbocycles. The quantitative estimate of drug-likeness (QED) is 0.804. The third-order valence-electron chi connectivity index (χ3n) is 2.24. The van der Waals surface area contributed by atoms with Crippen molar-refractivity contribution in [2.75, 3.05) is 20.7 Å². The molecular weight excluding hydrogens is 216 g/mol. The van der Waals surface area contributed by atoms with Crippen molar-refractivity contribution in [3.8, 4) is 0 Å². The number of hydrogen-bond acceptors (Lipinski definition) is 3. The number of nitrogens with one attached hydrogen (secondary N) is 1. The number of benzene rings is 1. The van der Waals surface area contributed by atoms with Gasteiger partial charge in [-0.3, -0.25) is 0 Å². The van der Waals surface area contributed by atoms with Crippen molar-refractivity contribution in [1.82, 2.24) is 5.32 Å². The second kappa shape index (κ2) is 5.89. The maximum atomic E-state index is 13.8. The van der Waals surface area contributed by atoms with Gasteiger partial charge in [-0.25, -0.2) is 8.78 Å². The van der Waals surface area contributed by atoms with Gasteiger partial charge >= 0.3 is 0 Å². The van der Waals surface area contributed by atoms with Crippen LogP contribution in [0.2, 0.25) is 0 Å². The largest absolute Gasteiger partial charge is 0.387 e. The van der Waals surface area contributed by atoms with Crippen LogP contribution in [0, 0.1) is 11.6 Å². The fourth-order valence-corrected chi connectivity index (χ4v) is 1.48. The van der Waals surface area contributed by atoms with Crippen molar-refractivity contribution in [2.24, 2.45) is 0 Å². The van der Waals surface area contributed by atoms with E-state index < -0.39 is 17.7 Å². The summed E-state index contributed by atoms with van der Waals surface area (Å²) in [6.07, 6.45) is -1.21. The molecule has 5 heteroatoms. The second-order valence-corrected chi connectivity index (χ2v) is 3.44. The Bertz CT molecular complexity index is 358. The van der Waals surface area contributed by atoms with E-state index in [2.05, 4.69) is 5.32 Å². The van der Waals surface area contributed by atoms with Gasteiger partial charge in [-0.1, -0.05) is 6.07 Å². The molecule has 2 N–H and O–H groups in total. The highest BCUT2D eigenvalue weighted by molar-refractivity contribution is 5.29. The van der Waals surface area contributed by atoms with Crippen LogP contribution in [0.3, 0.4) is 0 Å². The first kappa shape index (κ1) is 13.0. The number of methoxy groups -OCH3 is 1. The zero-order valence-electron chi connectivity index (χ0n) is 9.26. The summed E-state index contributed by atoms with van der Waals surface area (Å²) in [6, 6.07) is 2.44. The number of hydrogen-bond donors (Lipinski definition) is 2. The van der Waals surface area contributed by atoms with Gasteiger partial charge in [0.1, 0.15) is 11.6 Å². The van der Waals surface area contributed by atoms with E-state index in [9.17, 15) is 13.9 Å². The lowest BCUT2D eigenvalue weighted by atomic mass is 10.0. The highest BCUT2D eigenvalue weighted by atomic mass is 19.1. The van der Waals surface area contributed by atoms with Crippen LogP contribution in [0.15, 0.2) is 12.1 Å². The molecule has 0 saturated carbocycles. The number of aliphatic hydroxyl groups excluding tert-OH is 1. The van der Waals surface area contributed by atoms with Crippen molar-refractivity contribution in [3.05, 3.63) is 34.9 Å². The Morgan fingerprint density at radius 3 is 2.69 bits per heavy atom. The van der Waals surface area contributed by atoms with Gasteiger partial charge in [0.25, 0.3) is 0 Å². The van der Waals surface area contributed by atoms with Gasteiger partial charge in [-0.05, 0) is 13.1 Å². The van der Waals surface area contributed by atoms with Crippen LogP contribution in [0.5, 0.6) is 0 Å². The molecule has 1 aromatic rings. The first-order valence-corrected chi connectivity index (χ1v) is 4.90. The van der Waals surface area contributed by atoms with Gasteiger partial charge in [-0.2, -0.15) is 0 Å². The Labute approximate surface area is 93.0 Å². The van der Waals surface area contributed by atoms with Crippen LogP contribution in [0.25, 0.3) is 0 Å². The zero-order chi connectivity index (χ0) is 12.1. The van der Waals surface area contributed by atoms with Gasteiger partial charge in [0.15, 0.2) is 0 Å². The van der Waals surface area contributed by atoms with E-state index in [0.29, 0.717) is 0 Å². The van der Waals surface area contributed by atoms with Crippen LogP contribution >= 0.6 is 0 Å². The molecule has 1 aromatic carbocycles. The average molecular weight is 231 g/mol. The van der Waals surface area contributed by atoms with E-state index in [1.807, 2.05) is 0 Å². The van der Waals surface area contributed by atoms with Gasteiger partial charge in [0, 0.05) is 19.2 Å². The number of rotatable bonds is 5. The monoisotopic (exact) mass is 231 g/mol. The summed E-state index contributed by atoms with van der Waals surface area (Å²) in [6.45, 7) is 0.135. The number of likely N-dealkylation sites (N-methyl/N-ethyl adjacent to an activating group) is 1. The summed E-state index contributed by atoms with van der Waals surface area (Å²) in [5, 5.41) is 12.2. The van der Waals surface area contributed by atoms with E-state index in [0.717, 1.165) is 6.07 Å². The van der Waals surface area contributed by atoms with Crippen LogP contribution < -0.4 is 5.32 Å². The summed E-state index contributed by atoms with van der Waals surface area (Å²) < 4.78 is 31.9. The summed E-state index contributed by atoms with van der Waals surface area (Å²) in [4.78, 5) is 0. The van der Waals surface area contributed by atoms with E-state index in [-0.39, 0.29) is 24.3 Å². The lowest BCUT2D eigenvalue weighted by Crippen LogP contribution is -2.19. The number of halogens is 2. The molecule has 0 aliphatic rings. The Kier molecular flexibility index (Phi) is 4.79. The molecule has 0 fully saturated rings. The lowest BCUT2D eigenvalue weighted by molar-refractivity contribution is 0.162. The maximum absolute atomic E-state index is 13.8. The van der Waals surface area contributed by atoms with Crippen molar-refractivity contribution in [1.29, 1.82) is 0 Å². The molecule has 90 valence electrons. The van der Waals surface area contributed by atoms with E-state index >= 15 is 0 Å². The SMILES string of the molecule is CNCC(O)c1c(F)ccc(COC)c1F. The minimum Gasteiger partial charge on any atom is -0.387 e. The molecule has 3 nitrogen and oxygen atoms in total. The molecule has 1 rings (SSSR count). The molecular formula is C11H15F2NO2. The number of aliphatic hydroxyl groups is 1. The Hall–Kier alpha value is -1.04. The van der Waals surface area contributed by atoms with Crippen molar-refractivity contribution in [2.45, 2.75) is 12.7 Å². The topological polar surface area (TPSA) is 41.5 Å². The lowest BCUT2D eigenvalue weighted by Gasteiger charge is -2.14. The first-order valence-electron chi connectivity index (χ1n) is 4.90. The molecule has 0 heterocycles. The summed E-state index contributed by atoms with van der Waals surface area (Å²) >= 11 is 0. The average Bonchev–Trinajstić information content (AvgIpc) is 2.23. The normalized spacial score (nSPS) is 12.8. The van der Waals surface area contributed by atoms with Crippen LogP contribution in [0.1, 0.15) is 17.2 Å². The molecule has 0 bridgehead atoms. The molecule has 0 saturated heterocycles. The van der Waals surface area contributed by atoms with Crippen molar-refractivity contribution in [3.63, 3.8) is 0 Å². The predicted molar refractivity (Wildman–Crippen MR) is 56.0 cm³/mol. The van der Waals surface area contributed by atoms with Crippen LogP contribution in [-0.2, 0) is 11.3 Å². The first-order chi connectivity index (χ1) is 7.61. The van der Waals surface area contributed by atoms with E-state index in [4.69, 9.17) is 4.74 Å². The molecule has 16 heavy (non-hydrogen) atoms. The smallest absolute Gasteiger partial charge is 0.137 e. The molecule has 0 aromatic heterocycles. The Balaban J connectivity index is 3.09. The highest BCUT2D eigenvalue weighted by Gasteiger charge is 2.20. The minimum absolute atomic E-state index is 0.0470. The highest BCUT2D eigenvalue weighted by Crippen LogP contribution is 2.23. The fraction of sp³-hybridized carbons (Fsp3) is 0.455. The summed E-state index contributed by atoms with van der Waals surface area (Å²) in [5.41, 5.74) is -0.0852. The summed E-state index contributed by atoms with van der Waals surface area (Å²) in [5.74, 6) is -1.50. The zero-order valence-corrected chi connectivity index (χ0v) is 9.26. The molecule has 1 atom stereocenters. The molecule has 0 spiro atoms. The van der Waals surface area contributed by atoms with Gasteiger partial charge in [-0.15, -0.1) is 0 Å². The minimum atomic E-state index is -1.21. The van der Waals surface area contributed by atoms with E-state index in [1.54, 1.807) is 7.05 Å². The second-order valence-electron chi connectivity index (χ2n) is 3.44. The molecule has 0 amide bonds.